The third-order valence-corrected chi connectivity index (χ3v) is 4.37. The van der Waals surface area contributed by atoms with Gasteiger partial charge in [-0.1, -0.05) is 29.8 Å². The van der Waals surface area contributed by atoms with E-state index in [1.54, 1.807) is 0 Å². The van der Waals surface area contributed by atoms with Crippen molar-refractivity contribution in [3.05, 3.63) is 35.4 Å². The van der Waals surface area contributed by atoms with Gasteiger partial charge in [0.15, 0.2) is 0 Å². The van der Waals surface area contributed by atoms with Crippen LogP contribution in [0.15, 0.2) is 24.3 Å². The summed E-state index contributed by atoms with van der Waals surface area (Å²) in [5.74, 6) is 0. The number of urea groups is 1. The van der Waals surface area contributed by atoms with Crippen LogP contribution in [0.3, 0.4) is 0 Å². The van der Waals surface area contributed by atoms with Crippen LogP contribution >= 0.6 is 12.4 Å². The molecule has 0 bridgehead atoms. The van der Waals surface area contributed by atoms with Crippen molar-refractivity contribution in [1.29, 1.82) is 0 Å². The molecular weight excluding hydrogens is 286 g/mol. The normalized spacial score (nSPS) is 19.8. The third-order valence-electron chi connectivity index (χ3n) is 4.37. The van der Waals surface area contributed by atoms with E-state index in [1.807, 2.05) is 4.90 Å². The van der Waals surface area contributed by atoms with E-state index >= 15 is 0 Å². The summed E-state index contributed by atoms with van der Waals surface area (Å²) in [4.78, 5) is 16.6. The van der Waals surface area contributed by atoms with Crippen LogP contribution in [0.25, 0.3) is 0 Å². The molecule has 2 aliphatic rings. The second kappa shape index (κ2) is 7.14. The zero-order valence-electron chi connectivity index (χ0n) is 12.5. The predicted molar refractivity (Wildman–Crippen MR) is 86.8 cm³/mol. The summed E-state index contributed by atoms with van der Waals surface area (Å²) in [6, 6.07) is 9.12. The smallest absolute Gasteiger partial charge is 0.320 e. The van der Waals surface area contributed by atoms with Gasteiger partial charge in [-0.3, -0.25) is 0 Å². The molecule has 0 unspecified atom stereocenters. The zero-order chi connectivity index (χ0) is 13.9. The van der Waals surface area contributed by atoms with E-state index in [2.05, 4.69) is 41.4 Å². The lowest BCUT2D eigenvalue weighted by Gasteiger charge is -2.31. The number of amides is 2. The van der Waals surface area contributed by atoms with Gasteiger partial charge >= 0.3 is 6.03 Å². The number of carbonyl (C=O) groups is 1. The number of halogens is 1. The first kappa shape index (κ1) is 16.1. The highest BCUT2D eigenvalue weighted by Crippen LogP contribution is 2.20. The molecule has 2 saturated heterocycles. The molecule has 1 aromatic carbocycles. The summed E-state index contributed by atoms with van der Waals surface area (Å²) in [5, 5.41) is 3.36. The first-order valence-electron chi connectivity index (χ1n) is 7.56. The Morgan fingerprint density at radius 2 is 1.81 bits per heavy atom. The molecular formula is C16H24ClN3O. The van der Waals surface area contributed by atoms with Crippen molar-refractivity contribution in [2.45, 2.75) is 32.4 Å². The molecule has 0 aliphatic carbocycles. The van der Waals surface area contributed by atoms with Crippen molar-refractivity contribution in [3.8, 4) is 0 Å². The van der Waals surface area contributed by atoms with Gasteiger partial charge in [0.1, 0.15) is 0 Å². The highest BCUT2D eigenvalue weighted by molar-refractivity contribution is 5.85. The molecule has 0 saturated carbocycles. The summed E-state index contributed by atoms with van der Waals surface area (Å²) in [7, 11) is 0. The number of hydrogen-bond donors (Lipinski definition) is 1. The van der Waals surface area contributed by atoms with Crippen LogP contribution in [0.1, 0.15) is 24.0 Å². The van der Waals surface area contributed by atoms with E-state index < -0.39 is 0 Å². The molecule has 2 amide bonds. The molecule has 3 rings (SSSR count). The van der Waals surface area contributed by atoms with E-state index in [4.69, 9.17) is 0 Å². The Kier molecular flexibility index (Phi) is 5.48. The molecule has 4 nitrogen and oxygen atoms in total. The van der Waals surface area contributed by atoms with E-state index in [1.165, 1.54) is 11.1 Å². The molecule has 5 heteroatoms. The van der Waals surface area contributed by atoms with E-state index in [0.717, 1.165) is 45.6 Å². The summed E-state index contributed by atoms with van der Waals surface area (Å²) < 4.78 is 0. The Balaban J connectivity index is 0.00000161. The second-order valence-corrected chi connectivity index (χ2v) is 5.86. The van der Waals surface area contributed by atoms with Crippen molar-refractivity contribution < 1.29 is 4.79 Å². The van der Waals surface area contributed by atoms with Gasteiger partial charge in [-0.05, 0) is 38.4 Å². The van der Waals surface area contributed by atoms with Crippen molar-refractivity contribution in [2.24, 2.45) is 0 Å². The average Bonchev–Trinajstić information content (AvgIpc) is 2.84. The number of nitrogens with one attached hydrogen (secondary N) is 1. The molecule has 2 heterocycles. The standard InChI is InChI=1S/C16H23N3O.ClH/c1-13-2-4-14(5-3-13)12-18-10-11-19(16(18)20)15-6-8-17-9-7-15;/h2-5,15,17H,6-12H2,1H3;1H. The number of nitrogens with zero attached hydrogens (tertiary/aromatic N) is 2. The quantitative estimate of drug-likeness (QED) is 0.930. The zero-order valence-corrected chi connectivity index (χ0v) is 13.4. The van der Waals surface area contributed by atoms with Crippen molar-refractivity contribution in [2.75, 3.05) is 26.2 Å². The monoisotopic (exact) mass is 309 g/mol. The van der Waals surface area contributed by atoms with Gasteiger partial charge in [-0.25, -0.2) is 4.79 Å². The van der Waals surface area contributed by atoms with Gasteiger partial charge in [0, 0.05) is 25.7 Å². The van der Waals surface area contributed by atoms with E-state index in [-0.39, 0.29) is 18.4 Å². The average molecular weight is 310 g/mol. The lowest BCUT2D eigenvalue weighted by Crippen LogP contribution is -2.45. The Morgan fingerprint density at radius 3 is 2.48 bits per heavy atom. The van der Waals surface area contributed by atoms with Crippen LogP contribution in [-0.4, -0.2) is 48.1 Å². The number of piperidine rings is 1. The molecule has 2 fully saturated rings. The Bertz CT molecular complexity index is 471. The number of carbonyl (C=O) groups excluding carboxylic acids is 1. The van der Waals surface area contributed by atoms with Crippen LogP contribution in [-0.2, 0) is 6.54 Å². The summed E-state index contributed by atoms with van der Waals surface area (Å²) in [6.45, 7) is 6.63. The summed E-state index contributed by atoms with van der Waals surface area (Å²) in [5.41, 5.74) is 2.48. The third kappa shape index (κ3) is 3.69. The van der Waals surface area contributed by atoms with Crippen LogP contribution in [0.2, 0.25) is 0 Å². The number of rotatable bonds is 3. The molecule has 1 N–H and O–H groups in total. The van der Waals surface area contributed by atoms with Gasteiger partial charge in [-0.15, -0.1) is 12.4 Å². The maximum absolute atomic E-state index is 12.5. The van der Waals surface area contributed by atoms with Gasteiger partial charge in [-0.2, -0.15) is 0 Å². The van der Waals surface area contributed by atoms with Crippen LogP contribution in [0, 0.1) is 6.92 Å². The van der Waals surface area contributed by atoms with Gasteiger partial charge in [0.25, 0.3) is 0 Å². The molecule has 0 spiro atoms. The summed E-state index contributed by atoms with van der Waals surface area (Å²) >= 11 is 0. The number of hydrogen-bond acceptors (Lipinski definition) is 2. The minimum atomic E-state index is 0. The van der Waals surface area contributed by atoms with Crippen LogP contribution in [0.4, 0.5) is 4.79 Å². The molecule has 21 heavy (non-hydrogen) atoms. The largest absolute Gasteiger partial charge is 0.320 e. The molecule has 0 aromatic heterocycles. The van der Waals surface area contributed by atoms with Crippen LogP contribution in [0.5, 0.6) is 0 Å². The minimum absolute atomic E-state index is 0. The Hall–Kier alpha value is -1.26. The highest BCUT2D eigenvalue weighted by atomic mass is 35.5. The van der Waals surface area contributed by atoms with Crippen molar-refractivity contribution in [3.63, 3.8) is 0 Å². The molecule has 116 valence electrons. The highest BCUT2D eigenvalue weighted by Gasteiger charge is 2.33. The SMILES string of the molecule is Cc1ccc(CN2CCN(C3CCNCC3)C2=O)cc1.Cl. The summed E-state index contributed by atoms with van der Waals surface area (Å²) in [6.07, 6.45) is 2.17. The van der Waals surface area contributed by atoms with Crippen molar-refractivity contribution >= 4 is 18.4 Å². The van der Waals surface area contributed by atoms with Gasteiger partial charge < -0.3 is 15.1 Å². The fourth-order valence-corrected chi connectivity index (χ4v) is 3.12. The Morgan fingerprint density at radius 1 is 1.14 bits per heavy atom. The topological polar surface area (TPSA) is 35.6 Å². The van der Waals surface area contributed by atoms with Crippen LogP contribution < -0.4 is 5.32 Å². The lowest BCUT2D eigenvalue weighted by molar-refractivity contribution is 0.165. The minimum Gasteiger partial charge on any atom is -0.320 e. The maximum Gasteiger partial charge on any atom is 0.320 e. The van der Waals surface area contributed by atoms with E-state index in [0.29, 0.717) is 6.04 Å². The lowest BCUT2D eigenvalue weighted by atomic mass is 10.1. The van der Waals surface area contributed by atoms with Gasteiger partial charge in [0.2, 0.25) is 0 Å². The second-order valence-electron chi connectivity index (χ2n) is 5.86. The molecule has 2 aliphatic heterocycles. The molecule has 1 aromatic rings. The Labute approximate surface area is 132 Å². The molecule has 0 atom stereocenters. The van der Waals surface area contributed by atoms with Gasteiger partial charge in [0.05, 0.1) is 0 Å². The number of benzene rings is 1. The predicted octanol–water partition coefficient (Wildman–Crippen LogP) is 2.41. The fraction of sp³-hybridized carbons (Fsp3) is 0.562. The first-order valence-corrected chi connectivity index (χ1v) is 7.56. The fourth-order valence-electron chi connectivity index (χ4n) is 3.12. The molecule has 0 radical (unpaired) electrons. The number of aryl methyl sites for hydroxylation is 1. The van der Waals surface area contributed by atoms with E-state index in [9.17, 15) is 4.79 Å². The van der Waals surface area contributed by atoms with Crippen molar-refractivity contribution in [1.82, 2.24) is 15.1 Å². The maximum atomic E-state index is 12.5. The first-order chi connectivity index (χ1) is 9.74.